The number of carbonyl (C=O) groups excluding carboxylic acids is 1. The van der Waals surface area contributed by atoms with E-state index in [2.05, 4.69) is 5.32 Å². The van der Waals surface area contributed by atoms with Gasteiger partial charge in [0.1, 0.15) is 11.6 Å². The van der Waals surface area contributed by atoms with Gasteiger partial charge in [-0.3, -0.25) is 4.79 Å². The topological polar surface area (TPSA) is 55.1 Å². The number of carbonyl (C=O) groups is 1. The Kier molecular flexibility index (Phi) is 5.22. The molecule has 1 atom stereocenters. The van der Waals surface area contributed by atoms with Crippen molar-refractivity contribution in [1.29, 1.82) is 0 Å². The summed E-state index contributed by atoms with van der Waals surface area (Å²) in [5.74, 6) is -1.83. The normalized spacial score (nSPS) is 12.6. The Bertz CT molecular complexity index is 421. The zero-order valence-corrected chi connectivity index (χ0v) is 10.5. The highest BCUT2D eigenvalue weighted by molar-refractivity contribution is 5.79. The van der Waals surface area contributed by atoms with Gasteiger partial charge in [0.25, 0.3) is 0 Å². The average Bonchev–Trinajstić information content (AvgIpc) is 2.29. The third-order valence-corrected chi connectivity index (χ3v) is 2.56. The molecule has 5 heteroatoms. The standard InChI is InChI=1S/C13H18F2N2O/c1-8(2)17-13(18)10(7-16)5-9-6-11(14)3-4-12(9)15/h3-4,6,8,10H,5,7,16H2,1-2H3,(H,17,18). The fourth-order valence-electron chi connectivity index (χ4n) is 1.65. The van der Waals surface area contributed by atoms with Crippen LogP contribution in [0, 0.1) is 17.6 Å². The lowest BCUT2D eigenvalue weighted by Gasteiger charge is -2.17. The molecule has 1 aromatic rings. The fraction of sp³-hybridized carbons (Fsp3) is 0.462. The summed E-state index contributed by atoms with van der Waals surface area (Å²) in [4.78, 5) is 11.8. The molecule has 1 amide bonds. The molecule has 0 heterocycles. The molecule has 1 unspecified atom stereocenters. The molecular weight excluding hydrogens is 238 g/mol. The zero-order chi connectivity index (χ0) is 13.7. The summed E-state index contributed by atoms with van der Waals surface area (Å²) >= 11 is 0. The van der Waals surface area contributed by atoms with Crippen LogP contribution in [0.25, 0.3) is 0 Å². The van der Waals surface area contributed by atoms with Crippen molar-refractivity contribution in [2.24, 2.45) is 11.7 Å². The Morgan fingerprint density at radius 3 is 2.61 bits per heavy atom. The largest absolute Gasteiger partial charge is 0.354 e. The number of hydrogen-bond acceptors (Lipinski definition) is 2. The molecule has 0 aromatic heterocycles. The highest BCUT2D eigenvalue weighted by atomic mass is 19.1. The van der Waals surface area contributed by atoms with Gasteiger partial charge in [-0.2, -0.15) is 0 Å². The monoisotopic (exact) mass is 256 g/mol. The van der Waals surface area contributed by atoms with Gasteiger partial charge >= 0.3 is 0 Å². The minimum Gasteiger partial charge on any atom is -0.354 e. The first-order valence-corrected chi connectivity index (χ1v) is 5.88. The summed E-state index contributed by atoms with van der Waals surface area (Å²) in [5, 5.41) is 2.71. The lowest BCUT2D eigenvalue weighted by atomic mass is 9.98. The summed E-state index contributed by atoms with van der Waals surface area (Å²) in [6, 6.07) is 3.19. The van der Waals surface area contributed by atoms with Crippen LogP contribution in [-0.4, -0.2) is 18.5 Å². The Labute approximate surface area is 105 Å². The van der Waals surface area contributed by atoms with Crippen molar-refractivity contribution in [3.05, 3.63) is 35.4 Å². The maximum absolute atomic E-state index is 13.5. The Balaban J connectivity index is 2.79. The molecular formula is C13H18F2N2O. The van der Waals surface area contributed by atoms with Gasteiger partial charge in [-0.05, 0) is 44.0 Å². The van der Waals surface area contributed by atoms with Gasteiger partial charge in [0.05, 0.1) is 5.92 Å². The van der Waals surface area contributed by atoms with Gasteiger partial charge in [0.2, 0.25) is 5.91 Å². The van der Waals surface area contributed by atoms with Crippen LogP contribution >= 0.6 is 0 Å². The first-order chi connectivity index (χ1) is 8.43. The van der Waals surface area contributed by atoms with Crippen LogP contribution in [0.3, 0.4) is 0 Å². The van der Waals surface area contributed by atoms with Crippen molar-refractivity contribution < 1.29 is 13.6 Å². The molecule has 0 saturated heterocycles. The minimum absolute atomic E-state index is 0.0103. The number of hydrogen-bond donors (Lipinski definition) is 2. The van der Waals surface area contributed by atoms with E-state index in [1.165, 1.54) is 0 Å². The summed E-state index contributed by atoms with van der Waals surface area (Å²) in [6.07, 6.45) is 0.0959. The predicted octanol–water partition coefficient (Wildman–Crippen LogP) is 1.61. The SMILES string of the molecule is CC(C)NC(=O)C(CN)Cc1cc(F)ccc1F. The molecule has 1 rings (SSSR count). The van der Waals surface area contributed by atoms with Crippen molar-refractivity contribution in [3.8, 4) is 0 Å². The number of nitrogens with two attached hydrogens (primary N) is 1. The van der Waals surface area contributed by atoms with E-state index >= 15 is 0 Å². The van der Waals surface area contributed by atoms with E-state index in [0.717, 1.165) is 18.2 Å². The zero-order valence-electron chi connectivity index (χ0n) is 10.5. The molecule has 18 heavy (non-hydrogen) atoms. The number of halogens is 2. The van der Waals surface area contributed by atoms with Crippen LogP contribution in [0.15, 0.2) is 18.2 Å². The Morgan fingerprint density at radius 2 is 2.06 bits per heavy atom. The van der Waals surface area contributed by atoms with Crippen molar-refractivity contribution in [2.45, 2.75) is 26.3 Å². The molecule has 3 nitrogen and oxygen atoms in total. The second-order valence-electron chi connectivity index (χ2n) is 4.54. The summed E-state index contributed by atoms with van der Waals surface area (Å²) in [5.41, 5.74) is 5.68. The van der Waals surface area contributed by atoms with Crippen LogP contribution in [0.4, 0.5) is 8.78 Å². The van der Waals surface area contributed by atoms with Gasteiger partial charge in [0, 0.05) is 12.6 Å². The summed E-state index contributed by atoms with van der Waals surface area (Å²) in [7, 11) is 0. The Morgan fingerprint density at radius 1 is 1.39 bits per heavy atom. The maximum Gasteiger partial charge on any atom is 0.224 e. The number of amides is 1. The molecule has 0 radical (unpaired) electrons. The van der Waals surface area contributed by atoms with Crippen molar-refractivity contribution in [3.63, 3.8) is 0 Å². The van der Waals surface area contributed by atoms with Crippen molar-refractivity contribution >= 4 is 5.91 Å². The first kappa shape index (κ1) is 14.6. The maximum atomic E-state index is 13.5. The molecule has 0 saturated carbocycles. The predicted molar refractivity (Wildman–Crippen MR) is 65.9 cm³/mol. The highest BCUT2D eigenvalue weighted by Crippen LogP contribution is 2.14. The smallest absolute Gasteiger partial charge is 0.224 e. The molecule has 3 N–H and O–H groups in total. The van der Waals surface area contributed by atoms with Crippen molar-refractivity contribution in [2.75, 3.05) is 6.54 Å². The van der Waals surface area contributed by atoms with E-state index in [-0.39, 0.29) is 30.5 Å². The lowest BCUT2D eigenvalue weighted by Crippen LogP contribution is -2.39. The van der Waals surface area contributed by atoms with E-state index < -0.39 is 17.6 Å². The van der Waals surface area contributed by atoms with Crippen LogP contribution < -0.4 is 11.1 Å². The van der Waals surface area contributed by atoms with E-state index in [9.17, 15) is 13.6 Å². The lowest BCUT2D eigenvalue weighted by molar-refractivity contribution is -0.125. The van der Waals surface area contributed by atoms with E-state index in [0.29, 0.717) is 0 Å². The quantitative estimate of drug-likeness (QED) is 0.841. The second-order valence-corrected chi connectivity index (χ2v) is 4.54. The minimum atomic E-state index is -0.552. The van der Waals surface area contributed by atoms with Gasteiger partial charge in [-0.15, -0.1) is 0 Å². The van der Waals surface area contributed by atoms with E-state index in [1.54, 1.807) is 0 Å². The highest BCUT2D eigenvalue weighted by Gasteiger charge is 2.19. The third kappa shape index (κ3) is 4.07. The Hall–Kier alpha value is -1.49. The molecule has 1 aromatic carbocycles. The van der Waals surface area contributed by atoms with Crippen LogP contribution in [0.1, 0.15) is 19.4 Å². The number of nitrogens with one attached hydrogen (secondary N) is 1. The molecule has 0 aliphatic carbocycles. The molecule has 0 aliphatic heterocycles. The second kappa shape index (κ2) is 6.44. The van der Waals surface area contributed by atoms with Gasteiger partial charge in [-0.1, -0.05) is 0 Å². The van der Waals surface area contributed by atoms with Gasteiger partial charge in [-0.25, -0.2) is 8.78 Å². The number of benzene rings is 1. The van der Waals surface area contributed by atoms with Gasteiger partial charge in [0.15, 0.2) is 0 Å². The fourth-order valence-corrected chi connectivity index (χ4v) is 1.65. The third-order valence-electron chi connectivity index (χ3n) is 2.56. The molecule has 0 aliphatic rings. The molecule has 0 spiro atoms. The number of rotatable bonds is 5. The van der Waals surface area contributed by atoms with E-state index in [1.807, 2.05) is 13.8 Å². The first-order valence-electron chi connectivity index (χ1n) is 5.88. The van der Waals surface area contributed by atoms with Crippen LogP contribution in [0.5, 0.6) is 0 Å². The molecule has 100 valence electrons. The summed E-state index contributed by atoms with van der Waals surface area (Å²) in [6.45, 7) is 3.75. The molecule has 0 bridgehead atoms. The van der Waals surface area contributed by atoms with E-state index in [4.69, 9.17) is 5.73 Å². The van der Waals surface area contributed by atoms with Crippen LogP contribution in [0.2, 0.25) is 0 Å². The average molecular weight is 256 g/mol. The van der Waals surface area contributed by atoms with Crippen molar-refractivity contribution in [1.82, 2.24) is 5.32 Å². The van der Waals surface area contributed by atoms with Gasteiger partial charge < -0.3 is 11.1 Å². The van der Waals surface area contributed by atoms with Crippen LogP contribution in [-0.2, 0) is 11.2 Å². The molecule has 0 fully saturated rings. The summed E-state index contributed by atoms with van der Waals surface area (Å²) < 4.78 is 26.5.